The molecule has 0 bridgehead atoms. The van der Waals surface area contributed by atoms with Crippen LogP contribution in [-0.2, 0) is 11.2 Å². The molecule has 0 heterocycles. The van der Waals surface area contributed by atoms with E-state index in [1.165, 1.54) is 16.7 Å². The second kappa shape index (κ2) is 11.1. The summed E-state index contributed by atoms with van der Waals surface area (Å²) < 4.78 is 5.33. The molecule has 22 heavy (non-hydrogen) atoms. The van der Waals surface area contributed by atoms with E-state index >= 15 is 0 Å². The molecule has 1 aromatic carbocycles. The third-order valence-corrected chi connectivity index (χ3v) is 3.25. The highest BCUT2D eigenvalue weighted by molar-refractivity contribution is 5.79. The van der Waals surface area contributed by atoms with Gasteiger partial charge in [0.2, 0.25) is 0 Å². The van der Waals surface area contributed by atoms with Crippen LogP contribution in [0.2, 0.25) is 0 Å². The van der Waals surface area contributed by atoms with E-state index in [1.807, 2.05) is 6.92 Å². The molecule has 0 fully saturated rings. The van der Waals surface area contributed by atoms with Crippen molar-refractivity contribution in [3.8, 4) is 0 Å². The van der Waals surface area contributed by atoms with E-state index in [1.54, 1.807) is 0 Å². The highest BCUT2D eigenvalue weighted by atomic mass is 16.5. The van der Waals surface area contributed by atoms with Crippen LogP contribution in [0.4, 0.5) is 0 Å². The monoisotopic (exact) mass is 305 g/mol. The van der Waals surface area contributed by atoms with Crippen LogP contribution < -0.4 is 10.6 Å². The number of nitrogens with zero attached hydrogens (tertiary/aromatic N) is 1. The van der Waals surface area contributed by atoms with Crippen molar-refractivity contribution in [2.24, 2.45) is 4.99 Å². The third-order valence-electron chi connectivity index (χ3n) is 3.25. The summed E-state index contributed by atoms with van der Waals surface area (Å²) in [5.41, 5.74) is 4.02. The molecule has 2 N–H and O–H groups in total. The Morgan fingerprint density at radius 3 is 2.45 bits per heavy atom. The van der Waals surface area contributed by atoms with Crippen molar-refractivity contribution >= 4 is 5.96 Å². The van der Waals surface area contributed by atoms with Gasteiger partial charge in [-0.15, -0.1) is 0 Å². The molecule has 0 atom stereocenters. The number of hydrogen-bond acceptors (Lipinski definition) is 2. The van der Waals surface area contributed by atoms with Gasteiger partial charge in [0.1, 0.15) is 0 Å². The number of ether oxygens (including phenoxy) is 1. The number of aliphatic imine (C=N–C) groups is 1. The summed E-state index contributed by atoms with van der Waals surface area (Å²) in [4.78, 5) is 4.57. The number of guanidine groups is 1. The summed E-state index contributed by atoms with van der Waals surface area (Å²) in [6.45, 7) is 12.5. The first-order valence-electron chi connectivity index (χ1n) is 8.32. The summed E-state index contributed by atoms with van der Waals surface area (Å²) in [5.74, 6) is 0.892. The van der Waals surface area contributed by atoms with Crippen LogP contribution in [0.15, 0.2) is 23.2 Å². The number of aryl methyl sites for hydroxylation is 2. The highest BCUT2D eigenvalue weighted by Gasteiger charge is 1.99. The maximum atomic E-state index is 5.33. The van der Waals surface area contributed by atoms with Gasteiger partial charge in [-0.05, 0) is 46.1 Å². The minimum Gasteiger partial charge on any atom is -0.382 e. The van der Waals surface area contributed by atoms with Crippen molar-refractivity contribution in [1.29, 1.82) is 0 Å². The van der Waals surface area contributed by atoms with Crippen molar-refractivity contribution < 1.29 is 4.74 Å². The molecule has 0 amide bonds. The van der Waals surface area contributed by atoms with E-state index in [0.29, 0.717) is 0 Å². The minimum atomic E-state index is 0.776. The lowest BCUT2D eigenvalue weighted by atomic mass is 10.1. The summed E-state index contributed by atoms with van der Waals surface area (Å²) in [7, 11) is 0. The maximum Gasteiger partial charge on any atom is 0.191 e. The topological polar surface area (TPSA) is 45.7 Å². The Morgan fingerprint density at radius 2 is 1.82 bits per heavy atom. The molecule has 0 radical (unpaired) electrons. The van der Waals surface area contributed by atoms with E-state index < -0.39 is 0 Å². The van der Waals surface area contributed by atoms with Crippen molar-refractivity contribution in [3.05, 3.63) is 34.9 Å². The van der Waals surface area contributed by atoms with Crippen LogP contribution in [0.1, 0.15) is 37.0 Å². The summed E-state index contributed by atoms with van der Waals surface area (Å²) >= 11 is 0. The normalized spacial score (nSPS) is 11.5. The third kappa shape index (κ3) is 8.03. The first-order chi connectivity index (χ1) is 10.7. The summed E-state index contributed by atoms with van der Waals surface area (Å²) in [5, 5.41) is 6.68. The van der Waals surface area contributed by atoms with Gasteiger partial charge < -0.3 is 15.4 Å². The molecule has 1 rings (SSSR count). The minimum absolute atomic E-state index is 0.776. The van der Waals surface area contributed by atoms with E-state index in [0.717, 1.165) is 51.6 Å². The molecule has 4 heteroatoms. The second-order valence-corrected chi connectivity index (χ2v) is 5.48. The zero-order chi connectivity index (χ0) is 16.2. The maximum absolute atomic E-state index is 5.33. The van der Waals surface area contributed by atoms with Gasteiger partial charge in [-0.3, -0.25) is 4.99 Å². The van der Waals surface area contributed by atoms with Crippen LogP contribution in [0.3, 0.4) is 0 Å². The molecule has 4 nitrogen and oxygen atoms in total. The van der Waals surface area contributed by atoms with Gasteiger partial charge in [-0.1, -0.05) is 29.3 Å². The van der Waals surface area contributed by atoms with E-state index in [9.17, 15) is 0 Å². The Kier molecular flexibility index (Phi) is 9.31. The molecule has 0 aromatic heterocycles. The summed E-state index contributed by atoms with van der Waals surface area (Å²) in [6.07, 6.45) is 1.97. The van der Waals surface area contributed by atoms with Gasteiger partial charge in [0.15, 0.2) is 5.96 Å². The second-order valence-electron chi connectivity index (χ2n) is 5.48. The zero-order valence-corrected chi connectivity index (χ0v) is 14.5. The van der Waals surface area contributed by atoms with Gasteiger partial charge in [-0.25, -0.2) is 0 Å². The van der Waals surface area contributed by atoms with E-state index in [2.05, 4.69) is 54.6 Å². The van der Waals surface area contributed by atoms with Crippen LogP contribution >= 0.6 is 0 Å². The Balaban J connectivity index is 2.38. The Morgan fingerprint density at radius 1 is 1.09 bits per heavy atom. The number of hydrogen-bond donors (Lipinski definition) is 2. The Bertz CT molecular complexity index is 437. The van der Waals surface area contributed by atoms with Crippen LogP contribution in [0, 0.1) is 13.8 Å². The van der Waals surface area contributed by atoms with E-state index in [4.69, 9.17) is 4.74 Å². The fourth-order valence-electron chi connectivity index (χ4n) is 2.38. The largest absolute Gasteiger partial charge is 0.382 e. The Labute approximate surface area is 135 Å². The zero-order valence-electron chi connectivity index (χ0n) is 14.5. The summed E-state index contributed by atoms with van der Waals surface area (Å²) in [6, 6.07) is 6.71. The lowest BCUT2D eigenvalue weighted by Crippen LogP contribution is -2.38. The van der Waals surface area contributed by atoms with Crippen molar-refractivity contribution in [1.82, 2.24) is 10.6 Å². The quantitative estimate of drug-likeness (QED) is 0.419. The SMILES string of the molecule is CCNC(=NCCCOCC)NCCc1cc(C)cc(C)c1. The molecule has 0 aliphatic heterocycles. The van der Waals surface area contributed by atoms with Gasteiger partial charge in [-0.2, -0.15) is 0 Å². The molecule has 0 aliphatic carbocycles. The van der Waals surface area contributed by atoms with Gasteiger partial charge >= 0.3 is 0 Å². The molecule has 0 unspecified atom stereocenters. The smallest absolute Gasteiger partial charge is 0.191 e. The first-order valence-corrected chi connectivity index (χ1v) is 8.32. The number of nitrogens with one attached hydrogen (secondary N) is 2. The Hall–Kier alpha value is -1.55. The molecule has 0 spiro atoms. The molecule has 0 saturated carbocycles. The molecule has 1 aromatic rings. The molecule has 124 valence electrons. The molecular formula is C18H31N3O. The molecular weight excluding hydrogens is 274 g/mol. The number of rotatable bonds is 9. The van der Waals surface area contributed by atoms with Crippen molar-refractivity contribution in [2.75, 3.05) is 32.8 Å². The fraction of sp³-hybridized carbons (Fsp3) is 0.611. The average molecular weight is 305 g/mol. The molecule has 0 saturated heterocycles. The predicted molar refractivity (Wildman–Crippen MR) is 94.7 cm³/mol. The van der Waals surface area contributed by atoms with Crippen LogP contribution in [0.5, 0.6) is 0 Å². The number of benzene rings is 1. The molecule has 0 aliphatic rings. The lowest BCUT2D eigenvalue weighted by Gasteiger charge is -2.12. The first kappa shape index (κ1) is 18.5. The van der Waals surface area contributed by atoms with Gasteiger partial charge in [0, 0.05) is 32.8 Å². The fourth-order valence-corrected chi connectivity index (χ4v) is 2.38. The van der Waals surface area contributed by atoms with Crippen LogP contribution in [-0.4, -0.2) is 38.8 Å². The average Bonchev–Trinajstić information content (AvgIpc) is 2.46. The van der Waals surface area contributed by atoms with Crippen LogP contribution in [0.25, 0.3) is 0 Å². The highest BCUT2D eigenvalue weighted by Crippen LogP contribution is 2.08. The van der Waals surface area contributed by atoms with Gasteiger partial charge in [0.25, 0.3) is 0 Å². The predicted octanol–water partition coefficient (Wildman–Crippen LogP) is 2.83. The van der Waals surface area contributed by atoms with Gasteiger partial charge in [0.05, 0.1) is 0 Å². The van der Waals surface area contributed by atoms with Crippen molar-refractivity contribution in [2.45, 2.75) is 40.5 Å². The van der Waals surface area contributed by atoms with Crippen molar-refractivity contribution in [3.63, 3.8) is 0 Å². The standard InChI is InChI=1S/C18H31N3O/c1-5-19-18(20-9-7-11-22-6-2)21-10-8-17-13-15(3)12-16(4)14-17/h12-14H,5-11H2,1-4H3,(H2,19,20,21). The van der Waals surface area contributed by atoms with E-state index in [-0.39, 0.29) is 0 Å². The lowest BCUT2D eigenvalue weighted by molar-refractivity contribution is 0.146.